The predicted octanol–water partition coefficient (Wildman–Crippen LogP) is 3.98. The van der Waals surface area contributed by atoms with Crippen molar-refractivity contribution in [2.24, 2.45) is 0 Å². The van der Waals surface area contributed by atoms with Crippen LogP contribution in [0, 0.1) is 6.92 Å². The Labute approximate surface area is 135 Å². The molecule has 5 heteroatoms. The summed E-state index contributed by atoms with van der Waals surface area (Å²) in [7, 11) is 5.49. The second kappa shape index (κ2) is 6.71. The van der Waals surface area contributed by atoms with Crippen molar-refractivity contribution in [2.75, 3.05) is 31.4 Å². The van der Waals surface area contributed by atoms with Gasteiger partial charge in [-0.3, -0.25) is 4.79 Å². The number of nitrogens with zero attached hydrogens (tertiary/aromatic N) is 1. The third kappa shape index (κ3) is 3.52. The van der Waals surface area contributed by atoms with E-state index >= 15 is 0 Å². The molecule has 2 aromatic rings. The minimum absolute atomic E-state index is 0.200. The summed E-state index contributed by atoms with van der Waals surface area (Å²) in [4.78, 5) is 14.4. The first-order valence-electron chi connectivity index (χ1n) is 6.85. The Hall–Kier alpha value is -2.20. The maximum Gasteiger partial charge on any atom is 0.255 e. The molecule has 1 N–H and O–H groups in total. The Bertz CT molecular complexity index is 699. The van der Waals surface area contributed by atoms with E-state index in [1.807, 2.05) is 38.1 Å². The standard InChI is InChI=1S/C17H19ClN2O2/c1-11-9-12(5-7-15(11)20(2)3)17(21)19-14-10-13(18)6-8-16(14)22-4/h5-10H,1-4H3,(H,19,21). The lowest BCUT2D eigenvalue weighted by molar-refractivity contribution is 0.102. The van der Waals surface area contributed by atoms with Crippen molar-refractivity contribution in [1.82, 2.24) is 0 Å². The highest BCUT2D eigenvalue weighted by molar-refractivity contribution is 6.31. The second-order valence-electron chi connectivity index (χ2n) is 5.19. The third-order valence-corrected chi connectivity index (χ3v) is 3.59. The molecule has 0 unspecified atom stereocenters. The van der Waals surface area contributed by atoms with Gasteiger partial charge >= 0.3 is 0 Å². The molecule has 0 atom stereocenters. The average molecular weight is 319 g/mol. The van der Waals surface area contributed by atoms with E-state index in [9.17, 15) is 4.79 Å². The molecule has 0 aliphatic heterocycles. The van der Waals surface area contributed by atoms with Crippen molar-refractivity contribution in [3.8, 4) is 5.75 Å². The molecule has 0 heterocycles. The highest BCUT2D eigenvalue weighted by Crippen LogP contribution is 2.28. The van der Waals surface area contributed by atoms with Gasteiger partial charge in [-0.15, -0.1) is 0 Å². The van der Waals surface area contributed by atoms with Gasteiger partial charge < -0.3 is 15.0 Å². The Morgan fingerprint density at radius 1 is 1.18 bits per heavy atom. The fraction of sp³-hybridized carbons (Fsp3) is 0.235. The average Bonchev–Trinajstić information content (AvgIpc) is 2.47. The molecule has 0 saturated heterocycles. The summed E-state index contributed by atoms with van der Waals surface area (Å²) in [5, 5.41) is 3.37. The molecule has 2 aromatic carbocycles. The number of ether oxygens (including phenoxy) is 1. The van der Waals surface area contributed by atoms with Gasteiger partial charge in [0.25, 0.3) is 5.91 Å². The van der Waals surface area contributed by atoms with Gasteiger partial charge in [0.2, 0.25) is 0 Å². The number of nitrogens with one attached hydrogen (secondary N) is 1. The van der Waals surface area contributed by atoms with E-state index < -0.39 is 0 Å². The van der Waals surface area contributed by atoms with Crippen molar-refractivity contribution in [1.29, 1.82) is 0 Å². The Morgan fingerprint density at radius 3 is 2.50 bits per heavy atom. The lowest BCUT2D eigenvalue weighted by Gasteiger charge is -2.16. The molecule has 0 radical (unpaired) electrons. The van der Waals surface area contributed by atoms with Gasteiger partial charge in [-0.2, -0.15) is 0 Å². The second-order valence-corrected chi connectivity index (χ2v) is 5.63. The van der Waals surface area contributed by atoms with E-state index in [-0.39, 0.29) is 5.91 Å². The van der Waals surface area contributed by atoms with Gasteiger partial charge in [-0.25, -0.2) is 0 Å². The Balaban J connectivity index is 2.26. The van der Waals surface area contributed by atoms with E-state index in [4.69, 9.17) is 16.3 Å². The predicted molar refractivity (Wildman–Crippen MR) is 91.5 cm³/mol. The van der Waals surface area contributed by atoms with Gasteiger partial charge in [-0.05, 0) is 48.9 Å². The van der Waals surface area contributed by atoms with Gasteiger partial charge in [0.15, 0.2) is 0 Å². The van der Waals surface area contributed by atoms with Crippen LogP contribution < -0.4 is 15.0 Å². The number of benzene rings is 2. The highest BCUT2D eigenvalue weighted by atomic mass is 35.5. The minimum atomic E-state index is -0.200. The molecule has 0 bridgehead atoms. The van der Waals surface area contributed by atoms with Gasteiger partial charge in [0, 0.05) is 30.4 Å². The van der Waals surface area contributed by atoms with Crippen molar-refractivity contribution < 1.29 is 9.53 Å². The minimum Gasteiger partial charge on any atom is -0.495 e. The number of rotatable bonds is 4. The lowest BCUT2D eigenvalue weighted by atomic mass is 10.1. The molecular formula is C17H19ClN2O2. The van der Waals surface area contributed by atoms with E-state index in [2.05, 4.69) is 5.32 Å². The Kier molecular flexibility index (Phi) is 4.93. The summed E-state index contributed by atoms with van der Waals surface area (Å²) in [6, 6.07) is 10.7. The van der Waals surface area contributed by atoms with Crippen LogP contribution >= 0.6 is 11.6 Å². The molecule has 0 fully saturated rings. The first-order chi connectivity index (χ1) is 10.4. The van der Waals surface area contributed by atoms with Crippen LogP contribution in [0.4, 0.5) is 11.4 Å². The number of methoxy groups -OCH3 is 1. The molecule has 1 amide bonds. The third-order valence-electron chi connectivity index (χ3n) is 3.35. The van der Waals surface area contributed by atoms with E-state index in [1.54, 1.807) is 31.4 Å². The molecular weight excluding hydrogens is 300 g/mol. The van der Waals surface area contributed by atoms with E-state index in [0.29, 0.717) is 22.0 Å². The topological polar surface area (TPSA) is 41.6 Å². The van der Waals surface area contributed by atoms with Crippen LogP contribution in [0.5, 0.6) is 5.75 Å². The summed E-state index contributed by atoms with van der Waals surface area (Å²) in [5.41, 5.74) is 3.26. The number of carbonyl (C=O) groups excluding carboxylic acids is 1. The van der Waals surface area contributed by atoms with Gasteiger partial charge in [-0.1, -0.05) is 11.6 Å². The van der Waals surface area contributed by atoms with Crippen LogP contribution in [0.15, 0.2) is 36.4 Å². The monoisotopic (exact) mass is 318 g/mol. The van der Waals surface area contributed by atoms with E-state index in [0.717, 1.165) is 11.3 Å². The van der Waals surface area contributed by atoms with Gasteiger partial charge in [0.05, 0.1) is 12.8 Å². The summed E-state index contributed by atoms with van der Waals surface area (Å²) in [6.07, 6.45) is 0. The summed E-state index contributed by atoms with van der Waals surface area (Å²) >= 11 is 5.97. The van der Waals surface area contributed by atoms with Crippen molar-refractivity contribution in [3.05, 3.63) is 52.5 Å². The first-order valence-corrected chi connectivity index (χ1v) is 7.23. The zero-order valence-corrected chi connectivity index (χ0v) is 13.9. The molecule has 22 heavy (non-hydrogen) atoms. The summed E-state index contributed by atoms with van der Waals surface area (Å²) in [5.74, 6) is 0.369. The van der Waals surface area contributed by atoms with Gasteiger partial charge in [0.1, 0.15) is 5.75 Å². The largest absolute Gasteiger partial charge is 0.495 e. The van der Waals surface area contributed by atoms with Crippen molar-refractivity contribution in [3.63, 3.8) is 0 Å². The smallest absolute Gasteiger partial charge is 0.255 e. The zero-order chi connectivity index (χ0) is 16.3. The number of hydrogen-bond donors (Lipinski definition) is 1. The SMILES string of the molecule is COc1ccc(Cl)cc1NC(=O)c1ccc(N(C)C)c(C)c1. The molecule has 0 aliphatic carbocycles. The quantitative estimate of drug-likeness (QED) is 0.927. The number of anilines is 2. The van der Waals surface area contributed by atoms with Crippen LogP contribution in [0.25, 0.3) is 0 Å². The van der Waals surface area contributed by atoms with Crippen LogP contribution in [0.3, 0.4) is 0 Å². The maximum atomic E-state index is 12.4. The van der Waals surface area contributed by atoms with Crippen LogP contribution in [0.2, 0.25) is 5.02 Å². The lowest BCUT2D eigenvalue weighted by Crippen LogP contribution is -2.15. The van der Waals surface area contributed by atoms with Crippen LogP contribution in [-0.2, 0) is 0 Å². The summed E-state index contributed by atoms with van der Waals surface area (Å²) < 4.78 is 5.23. The van der Waals surface area contributed by atoms with Crippen molar-refractivity contribution in [2.45, 2.75) is 6.92 Å². The number of aryl methyl sites for hydroxylation is 1. The number of hydrogen-bond acceptors (Lipinski definition) is 3. The fourth-order valence-corrected chi connectivity index (χ4v) is 2.44. The zero-order valence-electron chi connectivity index (χ0n) is 13.1. The highest BCUT2D eigenvalue weighted by Gasteiger charge is 2.12. The van der Waals surface area contributed by atoms with Crippen LogP contribution in [0.1, 0.15) is 15.9 Å². The molecule has 4 nitrogen and oxygen atoms in total. The molecule has 116 valence electrons. The number of amides is 1. The van der Waals surface area contributed by atoms with E-state index in [1.165, 1.54) is 0 Å². The molecule has 0 aromatic heterocycles. The number of halogens is 1. The fourth-order valence-electron chi connectivity index (χ4n) is 2.27. The molecule has 0 saturated carbocycles. The van der Waals surface area contributed by atoms with Crippen LogP contribution in [-0.4, -0.2) is 27.1 Å². The molecule has 0 spiro atoms. The normalized spacial score (nSPS) is 10.2. The number of carbonyl (C=O) groups is 1. The summed E-state index contributed by atoms with van der Waals surface area (Å²) in [6.45, 7) is 1.98. The Morgan fingerprint density at radius 2 is 1.91 bits per heavy atom. The van der Waals surface area contributed by atoms with Crippen molar-refractivity contribution >= 4 is 28.9 Å². The first kappa shape index (κ1) is 16.2. The molecule has 2 rings (SSSR count). The molecule has 0 aliphatic rings. The maximum absolute atomic E-state index is 12.4.